The van der Waals surface area contributed by atoms with Crippen LogP contribution in [0.2, 0.25) is 0 Å². The van der Waals surface area contributed by atoms with Crippen LogP contribution in [0.5, 0.6) is 0 Å². The average Bonchev–Trinajstić information content (AvgIpc) is 1.33. The first-order valence-corrected chi connectivity index (χ1v) is 4.03. The number of hydrogen-bond donors (Lipinski definition) is 0. The first-order valence-electron chi connectivity index (χ1n) is 1.01. The zero-order chi connectivity index (χ0) is 6.28. The maximum atomic E-state index is 8.67. The van der Waals surface area contributed by atoms with E-state index in [1.807, 2.05) is 0 Å². The van der Waals surface area contributed by atoms with Crippen LogP contribution in [0.15, 0.2) is 0 Å². The molecular weight excluding hydrogens is 201 g/mol. The van der Waals surface area contributed by atoms with Crippen molar-refractivity contribution in [2.24, 2.45) is 0 Å². The first-order chi connectivity index (χ1) is 3.15. The first kappa shape index (κ1) is 11.1. The SMILES string of the molecule is ClC(Cl)Cl.O=PCl. The average molecular weight is 202 g/mol. The molecule has 6 heteroatoms. The van der Waals surface area contributed by atoms with E-state index in [9.17, 15) is 0 Å². The van der Waals surface area contributed by atoms with Crippen LogP contribution in [0.3, 0.4) is 0 Å². The minimum absolute atomic E-state index is 0.361. The summed E-state index contributed by atoms with van der Waals surface area (Å²) in [5.41, 5.74) is 0. The normalized spacial score (nSPS) is 8.14. The second kappa shape index (κ2) is 10.3. The second-order valence-electron chi connectivity index (χ2n) is 0.316. The van der Waals surface area contributed by atoms with Gasteiger partial charge >= 0.3 is 0 Å². The van der Waals surface area contributed by atoms with Crippen molar-refractivity contribution in [3.05, 3.63) is 0 Å². The van der Waals surface area contributed by atoms with Gasteiger partial charge in [-0.1, -0.05) is 34.8 Å². The maximum absolute atomic E-state index is 8.67. The van der Waals surface area contributed by atoms with Gasteiger partial charge in [0.1, 0.15) is 0 Å². The minimum atomic E-state index is -0.750. The molecule has 0 amide bonds. The summed E-state index contributed by atoms with van der Waals surface area (Å²) in [6, 6.07) is 0. The smallest absolute Gasteiger partial charge is 0.256 e. The van der Waals surface area contributed by atoms with Crippen molar-refractivity contribution < 1.29 is 4.57 Å². The maximum Gasteiger partial charge on any atom is 0.267 e. The van der Waals surface area contributed by atoms with E-state index in [0.29, 0.717) is 0 Å². The molecule has 7 heavy (non-hydrogen) atoms. The monoisotopic (exact) mass is 200 g/mol. The molecule has 0 atom stereocenters. The van der Waals surface area contributed by atoms with Gasteiger partial charge in [0.05, 0.1) is 0 Å². The highest BCUT2D eigenvalue weighted by molar-refractivity contribution is 7.57. The molecule has 0 spiro atoms. The van der Waals surface area contributed by atoms with E-state index in [4.69, 9.17) is 39.4 Å². The second-order valence-corrected chi connectivity index (χ2v) is 2.85. The van der Waals surface area contributed by atoms with Gasteiger partial charge in [-0.3, -0.25) is 4.57 Å². The van der Waals surface area contributed by atoms with Gasteiger partial charge in [0.2, 0.25) is 0 Å². The summed E-state index contributed by atoms with van der Waals surface area (Å²) in [5, 5.41) is 0. The molecule has 0 bridgehead atoms. The molecule has 44 valence electrons. The zero-order valence-corrected chi connectivity index (χ0v) is 6.86. The fourth-order valence-electron chi connectivity index (χ4n) is 0. The topological polar surface area (TPSA) is 17.1 Å². The summed E-state index contributed by atoms with van der Waals surface area (Å²) in [5.74, 6) is 0. The lowest BCUT2D eigenvalue weighted by molar-refractivity contribution is 0.605. The van der Waals surface area contributed by atoms with Crippen LogP contribution in [-0.2, 0) is 4.57 Å². The Hall–Kier alpha value is 1.26. The molecule has 0 unspecified atom stereocenters. The van der Waals surface area contributed by atoms with E-state index in [0.717, 1.165) is 0 Å². The van der Waals surface area contributed by atoms with Gasteiger partial charge in [0.15, 0.2) is 4.30 Å². The standard InChI is InChI=1S/CHCl3.ClOP/c2-1(3)4;1-3-2/h1H;. The summed E-state index contributed by atoms with van der Waals surface area (Å²) in [7, 11) is -0.361. The van der Waals surface area contributed by atoms with Gasteiger partial charge in [0, 0.05) is 0 Å². The molecule has 0 aliphatic rings. The summed E-state index contributed by atoms with van der Waals surface area (Å²) in [6.45, 7) is 0. The quantitative estimate of drug-likeness (QED) is 0.434. The van der Waals surface area contributed by atoms with Gasteiger partial charge in [-0.25, -0.2) is 0 Å². The lowest BCUT2D eigenvalue weighted by Gasteiger charge is -1.69. The largest absolute Gasteiger partial charge is 0.267 e. The molecule has 0 heterocycles. The van der Waals surface area contributed by atoms with Gasteiger partial charge in [-0.15, -0.1) is 0 Å². The van der Waals surface area contributed by atoms with Crippen LogP contribution in [-0.4, -0.2) is 4.30 Å². The highest BCUT2D eigenvalue weighted by Gasteiger charge is 1.78. The van der Waals surface area contributed by atoms with Crippen molar-refractivity contribution in [3.63, 3.8) is 0 Å². The highest BCUT2D eigenvalue weighted by atomic mass is 35.7. The van der Waals surface area contributed by atoms with Gasteiger partial charge < -0.3 is 0 Å². The Balaban J connectivity index is 0. The molecule has 0 saturated heterocycles. The molecule has 1 nitrogen and oxygen atoms in total. The van der Waals surface area contributed by atoms with Crippen LogP contribution < -0.4 is 0 Å². The fourth-order valence-corrected chi connectivity index (χ4v) is 0. The molecule has 0 N–H and O–H groups in total. The molecule has 0 rings (SSSR count). The van der Waals surface area contributed by atoms with E-state index < -0.39 is 4.30 Å². The highest BCUT2D eigenvalue weighted by Crippen LogP contribution is 2.03. The lowest BCUT2D eigenvalue weighted by atomic mass is 11.9. The van der Waals surface area contributed by atoms with Crippen LogP contribution in [0.4, 0.5) is 0 Å². The third-order valence-electron chi connectivity index (χ3n) is 0. The van der Waals surface area contributed by atoms with E-state index in [1.54, 1.807) is 0 Å². The summed E-state index contributed by atoms with van der Waals surface area (Å²) in [6.07, 6.45) is 0. The number of halogens is 4. The fraction of sp³-hybridized carbons (Fsp3) is 1.00. The van der Waals surface area contributed by atoms with Crippen LogP contribution in [0.1, 0.15) is 0 Å². The summed E-state index contributed by atoms with van der Waals surface area (Å²) < 4.78 is 7.92. The van der Waals surface area contributed by atoms with E-state index in [1.165, 1.54) is 0 Å². The van der Waals surface area contributed by atoms with Crippen molar-refractivity contribution in [2.75, 3.05) is 0 Å². The molecule has 0 aromatic rings. The van der Waals surface area contributed by atoms with Crippen LogP contribution >= 0.6 is 53.9 Å². The van der Waals surface area contributed by atoms with E-state index >= 15 is 0 Å². The van der Waals surface area contributed by atoms with Crippen molar-refractivity contribution in [3.8, 4) is 0 Å². The Bertz CT molecular complexity index is 35.9. The Kier molecular flexibility index (Phi) is 16.3. The summed E-state index contributed by atoms with van der Waals surface area (Å²) >= 11 is 18.8. The van der Waals surface area contributed by atoms with Crippen LogP contribution in [0.25, 0.3) is 0 Å². The molecule has 0 aromatic carbocycles. The molecule has 0 aliphatic carbocycles. The Morgan fingerprint density at radius 2 is 1.29 bits per heavy atom. The van der Waals surface area contributed by atoms with Crippen molar-refractivity contribution in [1.82, 2.24) is 0 Å². The van der Waals surface area contributed by atoms with E-state index in [2.05, 4.69) is 11.2 Å². The Morgan fingerprint density at radius 3 is 1.29 bits per heavy atom. The molecule has 0 radical (unpaired) electrons. The molecule has 0 saturated carbocycles. The molecule has 0 fully saturated rings. The number of rotatable bonds is 0. The third kappa shape index (κ3) is 127. The Labute approximate surface area is 62.9 Å². The van der Waals surface area contributed by atoms with Crippen LogP contribution in [0, 0.1) is 0 Å². The van der Waals surface area contributed by atoms with Gasteiger partial charge in [-0.2, -0.15) is 0 Å². The zero-order valence-electron chi connectivity index (χ0n) is 2.94. The lowest BCUT2D eigenvalue weighted by Crippen LogP contribution is -1.55. The molecular formula is CHCl4OP. The molecule has 0 aromatic heterocycles. The van der Waals surface area contributed by atoms with Gasteiger partial charge in [0.25, 0.3) is 7.81 Å². The Morgan fingerprint density at radius 1 is 1.29 bits per heavy atom. The summed E-state index contributed by atoms with van der Waals surface area (Å²) in [4.78, 5) is 0. The van der Waals surface area contributed by atoms with Crippen molar-refractivity contribution >= 4 is 53.9 Å². The molecule has 0 aliphatic heterocycles. The predicted octanol–water partition coefficient (Wildman–Crippen LogP) is 3.42. The third-order valence-corrected chi connectivity index (χ3v) is 0. The minimum Gasteiger partial charge on any atom is -0.256 e. The van der Waals surface area contributed by atoms with Crippen molar-refractivity contribution in [1.29, 1.82) is 0 Å². The number of alkyl halides is 3. The number of hydrogen-bond acceptors (Lipinski definition) is 1. The van der Waals surface area contributed by atoms with Crippen molar-refractivity contribution in [2.45, 2.75) is 4.30 Å². The van der Waals surface area contributed by atoms with Gasteiger partial charge in [-0.05, 0) is 11.2 Å². The van der Waals surface area contributed by atoms with E-state index in [-0.39, 0.29) is 7.81 Å². The predicted molar refractivity (Wildman–Crippen MR) is 34.8 cm³/mol.